The Kier molecular flexibility index (Phi) is 5.86. The lowest BCUT2D eigenvalue weighted by atomic mass is 9.90. The molecule has 1 amide bonds. The van der Waals surface area contributed by atoms with Crippen molar-refractivity contribution in [3.63, 3.8) is 0 Å². The van der Waals surface area contributed by atoms with Gasteiger partial charge in [0.25, 0.3) is 15.9 Å². The molecule has 0 bridgehead atoms. The number of aliphatic hydroxyl groups is 1. The number of sulfonamides is 1. The van der Waals surface area contributed by atoms with Crippen LogP contribution in [0.1, 0.15) is 30.4 Å². The van der Waals surface area contributed by atoms with Crippen LogP contribution in [0.3, 0.4) is 0 Å². The van der Waals surface area contributed by atoms with Gasteiger partial charge in [0.2, 0.25) is 0 Å². The summed E-state index contributed by atoms with van der Waals surface area (Å²) in [5.74, 6) is -1.22. The molecule has 2 aromatic rings. The highest BCUT2D eigenvalue weighted by Gasteiger charge is 2.47. The SMILES string of the molecule is CS(=O)(=O)CCc1csc2c1S(=O)(=O)N=C(C1=C(O)C3CCCC3N(Cc3ccsc3)C1=O)N2. The van der Waals surface area contributed by atoms with Gasteiger partial charge >= 0.3 is 0 Å². The van der Waals surface area contributed by atoms with E-state index in [1.165, 1.54) is 11.3 Å². The Hall–Kier alpha value is -2.22. The summed E-state index contributed by atoms with van der Waals surface area (Å²) < 4.78 is 53.2. The summed E-state index contributed by atoms with van der Waals surface area (Å²) in [7, 11) is -7.48. The van der Waals surface area contributed by atoms with Crippen LogP contribution in [0.15, 0.2) is 42.8 Å². The number of thiophene rings is 2. The smallest absolute Gasteiger partial charge is 0.287 e. The molecule has 0 spiro atoms. The Morgan fingerprint density at radius 2 is 2.09 bits per heavy atom. The Labute approximate surface area is 205 Å². The zero-order valence-electron chi connectivity index (χ0n) is 18.2. The number of anilines is 1. The molecule has 34 heavy (non-hydrogen) atoms. The largest absolute Gasteiger partial charge is 0.511 e. The van der Waals surface area contributed by atoms with Crippen LogP contribution in [0.5, 0.6) is 0 Å². The predicted molar refractivity (Wildman–Crippen MR) is 132 cm³/mol. The normalized spacial score (nSPS) is 24.0. The number of fused-ring (bicyclic) bond motifs is 2. The van der Waals surface area contributed by atoms with Crippen molar-refractivity contribution in [1.82, 2.24) is 4.90 Å². The summed E-state index contributed by atoms with van der Waals surface area (Å²) in [6, 6.07) is 1.80. The Balaban J connectivity index is 1.52. The Morgan fingerprint density at radius 3 is 2.79 bits per heavy atom. The van der Waals surface area contributed by atoms with Gasteiger partial charge in [0, 0.05) is 24.8 Å². The predicted octanol–water partition coefficient (Wildman–Crippen LogP) is 2.93. The third-order valence-electron chi connectivity index (χ3n) is 6.39. The molecule has 9 nitrogen and oxygen atoms in total. The highest BCUT2D eigenvalue weighted by molar-refractivity contribution is 7.91. The minimum Gasteiger partial charge on any atom is -0.511 e. The molecule has 2 N–H and O–H groups in total. The van der Waals surface area contributed by atoms with Crippen molar-refractivity contribution in [3.8, 4) is 0 Å². The van der Waals surface area contributed by atoms with Gasteiger partial charge in [-0.25, -0.2) is 8.42 Å². The number of amides is 1. The van der Waals surface area contributed by atoms with Gasteiger partial charge in [-0.1, -0.05) is 6.42 Å². The van der Waals surface area contributed by atoms with Crippen LogP contribution in [-0.2, 0) is 37.6 Å². The van der Waals surface area contributed by atoms with Crippen LogP contribution >= 0.6 is 22.7 Å². The molecule has 0 saturated heterocycles. The lowest BCUT2D eigenvalue weighted by Gasteiger charge is -2.38. The van der Waals surface area contributed by atoms with E-state index in [1.54, 1.807) is 10.3 Å². The van der Waals surface area contributed by atoms with E-state index in [2.05, 4.69) is 9.71 Å². The summed E-state index contributed by atoms with van der Waals surface area (Å²) in [6.07, 6.45) is 3.47. The molecule has 3 aliphatic rings. The number of aliphatic hydroxyl groups excluding tert-OH is 1. The number of amidine groups is 1. The average Bonchev–Trinajstić information content (AvgIpc) is 3.49. The zero-order chi connectivity index (χ0) is 24.3. The topological polar surface area (TPSA) is 133 Å². The quantitative estimate of drug-likeness (QED) is 0.574. The van der Waals surface area contributed by atoms with Gasteiger partial charge < -0.3 is 15.3 Å². The number of rotatable bonds is 6. The number of nitrogens with one attached hydrogen (secondary N) is 1. The fourth-order valence-electron chi connectivity index (χ4n) is 4.84. The van der Waals surface area contributed by atoms with Crippen molar-refractivity contribution in [2.75, 3.05) is 17.3 Å². The van der Waals surface area contributed by atoms with Gasteiger partial charge in [0.1, 0.15) is 31.1 Å². The molecule has 5 rings (SSSR count). The molecule has 2 unspecified atom stereocenters. The molecule has 2 aliphatic heterocycles. The van der Waals surface area contributed by atoms with Crippen LogP contribution in [0.25, 0.3) is 0 Å². The minimum atomic E-state index is -4.21. The maximum atomic E-state index is 13.6. The van der Waals surface area contributed by atoms with Crippen LogP contribution < -0.4 is 5.32 Å². The van der Waals surface area contributed by atoms with E-state index in [4.69, 9.17) is 0 Å². The first-order valence-corrected chi connectivity index (χ1v) is 16.0. The molecule has 2 atom stereocenters. The van der Waals surface area contributed by atoms with Crippen LogP contribution in [0.2, 0.25) is 0 Å². The standard InChI is InChI=1S/C21H23N3O6S4/c1-33(27,28)8-6-13-11-32-20-18(13)34(29,30)23-19(22-20)16-17(25)14-3-2-4-15(14)24(21(16)26)9-12-5-7-31-10-12/h5,7,10-11,14-15,25H,2-4,6,8-9H2,1H3,(H,22,23). The number of carbonyl (C=O) groups excluding carboxylic acids is 1. The van der Waals surface area contributed by atoms with Crippen molar-refractivity contribution in [2.24, 2.45) is 10.3 Å². The maximum Gasteiger partial charge on any atom is 0.287 e. The Bertz CT molecular complexity index is 1420. The molecule has 1 saturated carbocycles. The molecule has 2 aromatic heterocycles. The Morgan fingerprint density at radius 1 is 1.29 bits per heavy atom. The van der Waals surface area contributed by atoms with E-state index in [0.29, 0.717) is 18.5 Å². The van der Waals surface area contributed by atoms with Gasteiger partial charge in [0.15, 0.2) is 5.84 Å². The molecule has 1 fully saturated rings. The van der Waals surface area contributed by atoms with Crippen molar-refractivity contribution in [2.45, 2.75) is 43.2 Å². The molecule has 13 heteroatoms. The van der Waals surface area contributed by atoms with Crippen LogP contribution in [0.4, 0.5) is 5.00 Å². The summed E-state index contributed by atoms with van der Waals surface area (Å²) in [5, 5.41) is 19.7. The second-order valence-corrected chi connectivity index (χ2v) is 14.2. The van der Waals surface area contributed by atoms with Crippen molar-refractivity contribution in [3.05, 3.63) is 44.7 Å². The lowest BCUT2D eigenvalue weighted by Crippen LogP contribution is -2.49. The summed E-state index contributed by atoms with van der Waals surface area (Å²) in [4.78, 5) is 15.2. The number of sulfone groups is 1. The van der Waals surface area contributed by atoms with E-state index in [-0.39, 0.29) is 51.2 Å². The molecular weight excluding hydrogens is 519 g/mol. The maximum absolute atomic E-state index is 13.6. The van der Waals surface area contributed by atoms with Crippen molar-refractivity contribution < 1.29 is 26.7 Å². The second-order valence-electron chi connectivity index (χ2n) is 8.77. The van der Waals surface area contributed by atoms with Crippen molar-refractivity contribution in [1.29, 1.82) is 0 Å². The first-order valence-electron chi connectivity index (χ1n) is 10.7. The van der Waals surface area contributed by atoms with Gasteiger partial charge in [-0.2, -0.15) is 19.8 Å². The van der Waals surface area contributed by atoms with Crippen molar-refractivity contribution >= 4 is 59.3 Å². The number of carbonyl (C=O) groups is 1. The third-order valence-corrected chi connectivity index (χ3v) is 10.5. The highest BCUT2D eigenvalue weighted by atomic mass is 32.2. The number of hydrogen-bond donors (Lipinski definition) is 2. The second kappa shape index (κ2) is 8.47. The minimum absolute atomic E-state index is 0.0431. The first kappa shape index (κ1) is 23.5. The first-order chi connectivity index (χ1) is 16.0. The van der Waals surface area contributed by atoms with Crippen LogP contribution in [0, 0.1) is 5.92 Å². The molecule has 182 valence electrons. The molecule has 1 aliphatic carbocycles. The zero-order valence-corrected chi connectivity index (χ0v) is 21.5. The van der Waals surface area contributed by atoms with E-state index < -0.39 is 25.8 Å². The van der Waals surface area contributed by atoms with E-state index in [9.17, 15) is 26.7 Å². The third kappa shape index (κ3) is 4.18. The van der Waals surface area contributed by atoms with Gasteiger partial charge in [0.05, 0.1) is 5.75 Å². The number of aryl methyl sites for hydroxylation is 1. The monoisotopic (exact) mass is 541 g/mol. The summed E-state index contributed by atoms with van der Waals surface area (Å²) >= 11 is 2.64. The van der Waals surface area contributed by atoms with Crippen LogP contribution in [-0.4, -0.2) is 56.6 Å². The molecule has 4 heterocycles. The lowest BCUT2D eigenvalue weighted by molar-refractivity contribution is -0.132. The molecular formula is C21H23N3O6S4. The van der Waals surface area contributed by atoms with Gasteiger partial charge in [-0.05, 0) is 52.6 Å². The average molecular weight is 542 g/mol. The number of hydrogen-bond acceptors (Lipinski definition) is 9. The highest BCUT2D eigenvalue weighted by Crippen LogP contribution is 2.43. The summed E-state index contributed by atoms with van der Waals surface area (Å²) in [5.41, 5.74) is 1.23. The fourth-order valence-corrected chi connectivity index (χ4v) is 8.76. The summed E-state index contributed by atoms with van der Waals surface area (Å²) in [6.45, 7) is 0.375. The molecule has 0 aromatic carbocycles. The van der Waals surface area contributed by atoms with E-state index >= 15 is 0 Å². The number of nitrogens with zero attached hydrogens (tertiary/aromatic N) is 2. The van der Waals surface area contributed by atoms with E-state index in [0.717, 1.165) is 36.0 Å². The van der Waals surface area contributed by atoms with E-state index in [1.807, 2.05) is 16.8 Å². The fraction of sp³-hybridized carbons (Fsp3) is 0.429. The van der Waals surface area contributed by atoms with Gasteiger partial charge in [-0.3, -0.25) is 4.79 Å². The van der Waals surface area contributed by atoms with Gasteiger partial charge in [-0.15, -0.1) is 15.7 Å². The molecule has 0 radical (unpaired) electrons.